The van der Waals surface area contributed by atoms with Crippen LogP contribution in [0.15, 0.2) is 47.3 Å². The number of hydrogen-bond donors (Lipinski definition) is 4. The number of aryl methyl sites for hydroxylation is 2. The number of nitrogens with one attached hydrogen (secondary N) is 1. The highest BCUT2D eigenvalue weighted by atomic mass is 16.3. The molecule has 144 valence electrons. The number of rotatable bonds is 3. The van der Waals surface area contributed by atoms with Crippen LogP contribution in [0.3, 0.4) is 0 Å². The zero-order valence-electron chi connectivity index (χ0n) is 15.6. The third-order valence-corrected chi connectivity index (χ3v) is 4.90. The first-order chi connectivity index (χ1) is 13.0. The van der Waals surface area contributed by atoms with Crippen molar-refractivity contribution in [3.05, 3.63) is 64.1 Å². The number of phenols is 1. The molecule has 2 atom stereocenters. The molecule has 1 aromatic heterocycles. The number of hydrogen-bond acceptors (Lipinski definition) is 4. The second-order valence-electron chi connectivity index (χ2n) is 7.13. The van der Waals surface area contributed by atoms with Crippen molar-refractivity contribution < 1.29 is 10.2 Å². The first-order valence-electron chi connectivity index (χ1n) is 9.39. The lowest BCUT2D eigenvalue weighted by Gasteiger charge is -2.07. The van der Waals surface area contributed by atoms with Crippen LogP contribution in [-0.2, 0) is 13.0 Å². The van der Waals surface area contributed by atoms with Crippen molar-refractivity contribution in [3.8, 4) is 5.75 Å². The molecule has 0 saturated heterocycles. The van der Waals surface area contributed by atoms with Crippen molar-refractivity contribution >= 4 is 11.0 Å². The summed E-state index contributed by atoms with van der Waals surface area (Å²) < 4.78 is 1.72. The van der Waals surface area contributed by atoms with E-state index in [-0.39, 0.29) is 11.7 Å². The van der Waals surface area contributed by atoms with E-state index in [4.69, 9.17) is 5.73 Å². The third kappa shape index (κ3) is 4.40. The summed E-state index contributed by atoms with van der Waals surface area (Å²) in [5.74, 6) is 0.373. The second kappa shape index (κ2) is 8.41. The molecular weight excluding hydrogens is 342 g/mol. The average molecular weight is 369 g/mol. The summed E-state index contributed by atoms with van der Waals surface area (Å²) in [6.07, 6.45) is 2.88. The molecular formula is C21H27N3O3. The molecule has 1 aliphatic rings. The third-order valence-electron chi connectivity index (χ3n) is 4.90. The SMILES string of the molecule is CC(N)CCc1ccccc1O.O=c1[nH]c2cccc3c2n1CCCC3O. The molecule has 2 heterocycles. The summed E-state index contributed by atoms with van der Waals surface area (Å²) in [5.41, 5.74) is 9.06. The predicted octanol–water partition coefficient (Wildman–Crippen LogP) is 2.83. The van der Waals surface area contributed by atoms with Gasteiger partial charge >= 0.3 is 5.69 Å². The Labute approximate surface area is 158 Å². The molecule has 0 bridgehead atoms. The predicted molar refractivity (Wildman–Crippen MR) is 107 cm³/mol. The van der Waals surface area contributed by atoms with E-state index in [1.807, 2.05) is 43.3 Å². The van der Waals surface area contributed by atoms with Crippen LogP contribution in [0.25, 0.3) is 11.0 Å². The monoisotopic (exact) mass is 369 g/mol. The smallest absolute Gasteiger partial charge is 0.326 e. The van der Waals surface area contributed by atoms with E-state index in [2.05, 4.69) is 4.98 Å². The summed E-state index contributed by atoms with van der Waals surface area (Å²) in [7, 11) is 0. The Balaban J connectivity index is 0.000000161. The van der Waals surface area contributed by atoms with E-state index >= 15 is 0 Å². The maximum atomic E-state index is 11.6. The van der Waals surface area contributed by atoms with Crippen molar-refractivity contribution in [2.45, 2.75) is 51.3 Å². The van der Waals surface area contributed by atoms with Gasteiger partial charge in [-0.25, -0.2) is 4.79 Å². The van der Waals surface area contributed by atoms with E-state index in [9.17, 15) is 15.0 Å². The van der Waals surface area contributed by atoms with Gasteiger partial charge < -0.3 is 20.9 Å². The van der Waals surface area contributed by atoms with E-state index in [1.165, 1.54) is 0 Å². The molecule has 27 heavy (non-hydrogen) atoms. The van der Waals surface area contributed by atoms with Crippen LogP contribution in [0, 0.1) is 0 Å². The minimum atomic E-state index is -0.447. The maximum absolute atomic E-state index is 11.6. The van der Waals surface area contributed by atoms with Gasteiger partial charge in [-0.05, 0) is 50.3 Å². The summed E-state index contributed by atoms with van der Waals surface area (Å²) in [6, 6.07) is 13.2. The summed E-state index contributed by atoms with van der Waals surface area (Å²) in [5, 5.41) is 19.3. The molecule has 0 fully saturated rings. The Morgan fingerprint density at radius 1 is 1.26 bits per heavy atom. The molecule has 3 aromatic rings. The van der Waals surface area contributed by atoms with Gasteiger partial charge in [-0.1, -0.05) is 30.3 Å². The highest BCUT2D eigenvalue weighted by molar-refractivity contribution is 5.79. The molecule has 0 aliphatic carbocycles. The van der Waals surface area contributed by atoms with E-state index in [0.29, 0.717) is 12.3 Å². The number of phenolic OH excluding ortho intramolecular Hbond substituents is 1. The van der Waals surface area contributed by atoms with Gasteiger partial charge in [0.05, 0.1) is 17.1 Å². The molecule has 2 unspecified atom stereocenters. The number of aliphatic hydroxyl groups is 1. The van der Waals surface area contributed by atoms with Crippen molar-refractivity contribution in [1.82, 2.24) is 9.55 Å². The van der Waals surface area contributed by atoms with Crippen LogP contribution in [0.5, 0.6) is 5.75 Å². The quantitative estimate of drug-likeness (QED) is 0.570. The molecule has 5 N–H and O–H groups in total. The van der Waals surface area contributed by atoms with Crippen LogP contribution in [0.2, 0.25) is 0 Å². The van der Waals surface area contributed by atoms with E-state index in [1.54, 1.807) is 10.6 Å². The fourth-order valence-electron chi connectivity index (χ4n) is 3.43. The number of nitrogens with two attached hydrogens (primary N) is 1. The largest absolute Gasteiger partial charge is 0.508 e. The fraction of sp³-hybridized carbons (Fsp3) is 0.381. The highest BCUT2D eigenvalue weighted by Gasteiger charge is 2.19. The number of nitrogens with zero attached hydrogens (tertiary/aromatic N) is 1. The normalized spacial score (nSPS) is 17.1. The van der Waals surface area contributed by atoms with Crippen molar-refractivity contribution in [2.75, 3.05) is 0 Å². The van der Waals surface area contributed by atoms with Gasteiger partial charge in [0.25, 0.3) is 0 Å². The van der Waals surface area contributed by atoms with Gasteiger partial charge in [0.1, 0.15) is 5.75 Å². The molecule has 0 saturated carbocycles. The number of H-pyrrole nitrogens is 1. The Morgan fingerprint density at radius 3 is 2.78 bits per heavy atom. The topological polar surface area (TPSA) is 104 Å². The lowest BCUT2D eigenvalue weighted by molar-refractivity contribution is 0.167. The number of aromatic amines is 1. The lowest BCUT2D eigenvalue weighted by atomic mass is 10.1. The highest BCUT2D eigenvalue weighted by Crippen LogP contribution is 2.28. The lowest BCUT2D eigenvalue weighted by Crippen LogP contribution is -2.16. The Bertz CT molecular complexity index is 959. The van der Waals surface area contributed by atoms with E-state index in [0.717, 1.165) is 47.8 Å². The van der Waals surface area contributed by atoms with Crippen LogP contribution in [0.4, 0.5) is 0 Å². The zero-order valence-corrected chi connectivity index (χ0v) is 15.6. The minimum absolute atomic E-state index is 0.0773. The second-order valence-corrected chi connectivity index (χ2v) is 7.13. The van der Waals surface area contributed by atoms with Gasteiger partial charge in [-0.3, -0.25) is 4.57 Å². The number of benzene rings is 2. The molecule has 0 amide bonds. The molecule has 0 spiro atoms. The van der Waals surface area contributed by atoms with Gasteiger partial charge in [0, 0.05) is 18.2 Å². The number of para-hydroxylation sites is 2. The van der Waals surface area contributed by atoms with Crippen LogP contribution < -0.4 is 11.4 Å². The molecule has 2 aromatic carbocycles. The number of aromatic nitrogens is 2. The van der Waals surface area contributed by atoms with Gasteiger partial charge in [0.15, 0.2) is 0 Å². The summed E-state index contributed by atoms with van der Waals surface area (Å²) in [6.45, 7) is 2.66. The maximum Gasteiger partial charge on any atom is 0.326 e. The van der Waals surface area contributed by atoms with Crippen molar-refractivity contribution in [3.63, 3.8) is 0 Å². The molecule has 1 aliphatic heterocycles. The van der Waals surface area contributed by atoms with Crippen molar-refractivity contribution in [1.29, 1.82) is 0 Å². The number of aliphatic hydroxyl groups excluding tert-OH is 1. The molecule has 4 rings (SSSR count). The summed E-state index contributed by atoms with van der Waals surface area (Å²) >= 11 is 0. The summed E-state index contributed by atoms with van der Waals surface area (Å²) in [4.78, 5) is 14.4. The minimum Gasteiger partial charge on any atom is -0.508 e. The van der Waals surface area contributed by atoms with Gasteiger partial charge in [-0.2, -0.15) is 0 Å². The van der Waals surface area contributed by atoms with Gasteiger partial charge in [-0.15, -0.1) is 0 Å². The number of aromatic hydroxyl groups is 1. The zero-order chi connectivity index (χ0) is 19.4. The Hall–Kier alpha value is -2.57. The fourth-order valence-corrected chi connectivity index (χ4v) is 3.43. The number of imidazole rings is 1. The molecule has 6 nitrogen and oxygen atoms in total. The van der Waals surface area contributed by atoms with Crippen molar-refractivity contribution in [2.24, 2.45) is 5.73 Å². The molecule has 6 heteroatoms. The average Bonchev–Trinajstić information content (AvgIpc) is 2.85. The first-order valence-corrected chi connectivity index (χ1v) is 9.39. The van der Waals surface area contributed by atoms with Crippen LogP contribution in [-0.4, -0.2) is 25.8 Å². The standard InChI is InChI=1S/C11H12N2O2.C10H15NO/c14-9-5-2-6-13-10-7(9)3-1-4-8(10)12-11(13)15;1-8(11)6-7-9-4-2-3-5-10(9)12/h1,3-4,9,14H,2,5-6H2,(H,12,15);2-5,8,12H,6-7,11H2,1H3. The van der Waals surface area contributed by atoms with E-state index < -0.39 is 6.10 Å². The molecule has 0 radical (unpaired) electrons. The Kier molecular flexibility index (Phi) is 5.98. The Morgan fingerprint density at radius 2 is 2.04 bits per heavy atom. The van der Waals surface area contributed by atoms with Crippen LogP contribution >= 0.6 is 0 Å². The van der Waals surface area contributed by atoms with Crippen LogP contribution in [0.1, 0.15) is 43.4 Å². The van der Waals surface area contributed by atoms with Gasteiger partial charge in [0.2, 0.25) is 0 Å². The first kappa shape index (κ1) is 19.2.